The molecular formula is C12H17BrFNO2S. The van der Waals surface area contributed by atoms with Gasteiger partial charge in [-0.25, -0.2) is 12.8 Å². The first-order chi connectivity index (χ1) is 8.12. The van der Waals surface area contributed by atoms with E-state index in [-0.39, 0.29) is 5.82 Å². The summed E-state index contributed by atoms with van der Waals surface area (Å²) >= 11 is 3.21. The first-order valence-corrected chi connectivity index (χ1v) is 8.15. The molecule has 1 rings (SSSR count). The van der Waals surface area contributed by atoms with Crippen LogP contribution < -0.4 is 5.32 Å². The highest BCUT2D eigenvalue weighted by Crippen LogP contribution is 2.16. The van der Waals surface area contributed by atoms with Gasteiger partial charge in [0.05, 0.1) is 4.75 Å². The van der Waals surface area contributed by atoms with Crippen LogP contribution in [0.2, 0.25) is 0 Å². The van der Waals surface area contributed by atoms with Crippen LogP contribution in [-0.2, 0) is 16.4 Å². The Morgan fingerprint density at radius 1 is 1.33 bits per heavy atom. The Morgan fingerprint density at radius 3 is 2.44 bits per heavy atom. The van der Waals surface area contributed by atoms with Crippen LogP contribution in [0.15, 0.2) is 22.7 Å². The summed E-state index contributed by atoms with van der Waals surface area (Å²) in [5.41, 5.74) is 0.770. The van der Waals surface area contributed by atoms with Gasteiger partial charge in [-0.1, -0.05) is 15.9 Å². The highest BCUT2D eigenvalue weighted by Gasteiger charge is 2.29. The Kier molecular flexibility index (Phi) is 4.91. The van der Waals surface area contributed by atoms with Crippen molar-refractivity contribution < 1.29 is 12.8 Å². The number of sulfone groups is 1. The zero-order chi connectivity index (χ0) is 14.0. The van der Waals surface area contributed by atoms with E-state index in [9.17, 15) is 12.8 Å². The summed E-state index contributed by atoms with van der Waals surface area (Å²) in [5.74, 6) is -0.316. The molecule has 0 amide bonds. The second-order valence-electron chi connectivity index (χ2n) is 4.91. The molecule has 0 spiro atoms. The van der Waals surface area contributed by atoms with Crippen molar-refractivity contribution in [2.45, 2.75) is 25.1 Å². The number of hydrogen-bond acceptors (Lipinski definition) is 3. The van der Waals surface area contributed by atoms with Gasteiger partial charge in [0.25, 0.3) is 0 Å². The van der Waals surface area contributed by atoms with Gasteiger partial charge in [0, 0.05) is 23.8 Å². The van der Waals surface area contributed by atoms with Gasteiger partial charge in [-0.15, -0.1) is 0 Å². The van der Waals surface area contributed by atoms with Crippen molar-refractivity contribution in [3.8, 4) is 0 Å². The monoisotopic (exact) mass is 337 g/mol. The maximum atomic E-state index is 13.1. The average molecular weight is 338 g/mol. The molecule has 0 radical (unpaired) electrons. The molecule has 0 bridgehead atoms. The van der Waals surface area contributed by atoms with Crippen molar-refractivity contribution in [3.63, 3.8) is 0 Å². The van der Waals surface area contributed by atoms with Crippen LogP contribution >= 0.6 is 15.9 Å². The molecular weight excluding hydrogens is 321 g/mol. The van der Waals surface area contributed by atoms with Crippen molar-refractivity contribution in [1.82, 2.24) is 5.32 Å². The van der Waals surface area contributed by atoms with Crippen LogP contribution in [0, 0.1) is 5.82 Å². The van der Waals surface area contributed by atoms with Gasteiger partial charge < -0.3 is 5.32 Å². The number of hydrogen-bond donors (Lipinski definition) is 1. The molecule has 18 heavy (non-hydrogen) atoms. The maximum absolute atomic E-state index is 13.1. The van der Waals surface area contributed by atoms with E-state index < -0.39 is 14.6 Å². The van der Waals surface area contributed by atoms with Crippen molar-refractivity contribution in [3.05, 3.63) is 34.1 Å². The lowest BCUT2D eigenvalue weighted by Gasteiger charge is -2.22. The summed E-state index contributed by atoms with van der Waals surface area (Å²) in [7, 11) is -3.12. The number of rotatable bonds is 5. The van der Waals surface area contributed by atoms with E-state index in [0.717, 1.165) is 5.56 Å². The molecule has 0 atom stereocenters. The van der Waals surface area contributed by atoms with Gasteiger partial charge in [-0.2, -0.15) is 0 Å². The molecule has 0 aliphatic heterocycles. The van der Waals surface area contributed by atoms with Gasteiger partial charge in [0.1, 0.15) is 5.82 Å². The number of benzene rings is 1. The molecule has 0 heterocycles. The van der Waals surface area contributed by atoms with Crippen LogP contribution in [0.1, 0.15) is 19.4 Å². The molecule has 1 N–H and O–H groups in total. The minimum atomic E-state index is -3.12. The van der Waals surface area contributed by atoms with Crippen LogP contribution in [0.3, 0.4) is 0 Å². The summed E-state index contributed by atoms with van der Waals surface area (Å²) in [6.07, 6.45) is 1.22. The first kappa shape index (κ1) is 15.6. The largest absolute Gasteiger partial charge is 0.311 e. The molecule has 1 aromatic rings. The molecule has 0 saturated heterocycles. The summed E-state index contributed by atoms with van der Waals surface area (Å²) < 4.78 is 35.9. The Hall–Kier alpha value is -0.460. The fourth-order valence-electron chi connectivity index (χ4n) is 1.35. The molecule has 0 aliphatic rings. The Labute approximate surface area is 116 Å². The van der Waals surface area contributed by atoms with E-state index in [2.05, 4.69) is 21.2 Å². The summed E-state index contributed by atoms with van der Waals surface area (Å²) in [6, 6.07) is 4.60. The highest BCUT2D eigenvalue weighted by molar-refractivity contribution is 9.10. The molecule has 0 saturated carbocycles. The molecule has 0 aliphatic carbocycles. The van der Waals surface area contributed by atoms with Gasteiger partial charge in [0.2, 0.25) is 0 Å². The predicted molar refractivity (Wildman–Crippen MR) is 74.7 cm³/mol. The molecule has 1 aromatic carbocycles. The lowest BCUT2D eigenvalue weighted by Crippen LogP contribution is -2.41. The van der Waals surface area contributed by atoms with Crippen LogP contribution in [0.25, 0.3) is 0 Å². The second kappa shape index (κ2) is 5.67. The quantitative estimate of drug-likeness (QED) is 0.897. The van der Waals surface area contributed by atoms with Crippen molar-refractivity contribution in [2.75, 3.05) is 12.8 Å². The third kappa shape index (κ3) is 4.33. The van der Waals surface area contributed by atoms with E-state index in [1.165, 1.54) is 18.4 Å². The molecule has 3 nitrogen and oxygen atoms in total. The maximum Gasteiger partial charge on any atom is 0.153 e. The zero-order valence-electron chi connectivity index (χ0n) is 10.6. The van der Waals surface area contributed by atoms with E-state index in [4.69, 9.17) is 0 Å². The lowest BCUT2D eigenvalue weighted by atomic mass is 10.2. The molecule has 6 heteroatoms. The molecule has 0 aromatic heterocycles. The Morgan fingerprint density at radius 2 is 1.94 bits per heavy atom. The Bertz CT molecular complexity index is 509. The summed E-state index contributed by atoms with van der Waals surface area (Å²) in [5, 5.41) is 3.04. The molecule has 102 valence electrons. The molecule has 0 unspecified atom stereocenters. The zero-order valence-corrected chi connectivity index (χ0v) is 13.0. The van der Waals surface area contributed by atoms with Crippen LogP contribution in [-0.4, -0.2) is 26.0 Å². The number of halogens is 2. The number of nitrogens with one attached hydrogen (secondary N) is 1. The summed E-state index contributed by atoms with van der Waals surface area (Å²) in [6.45, 7) is 4.07. The topological polar surface area (TPSA) is 46.2 Å². The van der Waals surface area contributed by atoms with E-state index >= 15 is 0 Å². The van der Waals surface area contributed by atoms with Crippen LogP contribution in [0.4, 0.5) is 4.39 Å². The lowest BCUT2D eigenvalue weighted by molar-refractivity contribution is 0.520. The van der Waals surface area contributed by atoms with E-state index in [1.807, 2.05) is 0 Å². The normalized spacial score (nSPS) is 12.7. The van der Waals surface area contributed by atoms with Crippen molar-refractivity contribution in [1.29, 1.82) is 0 Å². The first-order valence-electron chi connectivity index (χ1n) is 5.47. The second-order valence-corrected chi connectivity index (χ2v) is 8.48. The van der Waals surface area contributed by atoms with Gasteiger partial charge in [-0.3, -0.25) is 0 Å². The standard InChI is InChI=1S/C12H17BrFNO2S/c1-12(2,18(3,16)17)8-15-7-9-4-10(13)6-11(14)5-9/h4-6,15H,7-8H2,1-3H3. The van der Waals surface area contributed by atoms with E-state index in [0.29, 0.717) is 17.6 Å². The molecule has 0 fully saturated rings. The third-order valence-electron chi connectivity index (χ3n) is 2.81. The van der Waals surface area contributed by atoms with Gasteiger partial charge in [0.15, 0.2) is 9.84 Å². The summed E-state index contributed by atoms with van der Waals surface area (Å²) in [4.78, 5) is 0. The Balaban J connectivity index is 2.62. The SMILES string of the molecule is CC(C)(CNCc1cc(F)cc(Br)c1)S(C)(=O)=O. The van der Waals surface area contributed by atoms with Gasteiger partial charge in [-0.05, 0) is 37.6 Å². The fraction of sp³-hybridized carbons (Fsp3) is 0.500. The van der Waals surface area contributed by atoms with E-state index in [1.54, 1.807) is 19.9 Å². The smallest absolute Gasteiger partial charge is 0.153 e. The van der Waals surface area contributed by atoms with Crippen LogP contribution in [0.5, 0.6) is 0 Å². The highest BCUT2D eigenvalue weighted by atomic mass is 79.9. The van der Waals surface area contributed by atoms with Gasteiger partial charge >= 0.3 is 0 Å². The van der Waals surface area contributed by atoms with Crippen molar-refractivity contribution in [2.24, 2.45) is 0 Å². The minimum absolute atomic E-state index is 0.316. The average Bonchev–Trinajstić information content (AvgIpc) is 2.13. The fourth-order valence-corrected chi connectivity index (χ4v) is 2.23. The van der Waals surface area contributed by atoms with Crippen molar-refractivity contribution >= 4 is 25.8 Å². The predicted octanol–water partition coefficient (Wildman–Crippen LogP) is 2.50. The minimum Gasteiger partial charge on any atom is -0.311 e. The third-order valence-corrected chi connectivity index (χ3v) is 5.42.